The first kappa shape index (κ1) is 36.9. The molecule has 4 rings (SSSR count). The van der Waals surface area contributed by atoms with Crippen LogP contribution in [0.2, 0.25) is 0 Å². The Labute approximate surface area is 289 Å². The summed E-state index contributed by atoms with van der Waals surface area (Å²) in [4.78, 5) is 41.3. The third-order valence-electron chi connectivity index (χ3n) is 7.96. The third-order valence-corrected chi connectivity index (χ3v) is 8.61. The van der Waals surface area contributed by atoms with Crippen molar-refractivity contribution in [2.45, 2.75) is 57.7 Å². The maximum Gasteiger partial charge on any atom is 0.243 e. The van der Waals surface area contributed by atoms with E-state index >= 15 is 0 Å². The maximum atomic E-state index is 14.0. The monoisotopic (exact) mass is 683 g/mol. The lowest BCUT2D eigenvalue weighted by molar-refractivity contribution is -0.132. The normalized spacial score (nSPS) is 13.5. The highest BCUT2D eigenvalue weighted by molar-refractivity contribution is 7.93. The van der Waals surface area contributed by atoms with Gasteiger partial charge in [-0.15, -0.1) is 0 Å². The van der Waals surface area contributed by atoms with Crippen LogP contribution >= 0.6 is 0 Å². The zero-order valence-corrected chi connectivity index (χ0v) is 29.2. The summed E-state index contributed by atoms with van der Waals surface area (Å²) in [7, 11) is -1.85. The largest absolute Gasteiger partial charge is 0.497 e. The molecule has 9 nitrogen and oxygen atoms in total. The second kappa shape index (κ2) is 17.4. The fourth-order valence-corrected chi connectivity index (χ4v) is 6.01. The molecular weight excluding hydrogens is 639 g/mol. The standard InChI is InChI=1S/C39H45N3O6S/c1-27(2)22-33(20-21-49(4,46)47)40-38(44)36(24-28-10-6-5-7-11-28)42-39(45)35(25-29-15-18-34(48-3)19-16-29)41-37(43)26-30-14-17-31-12-8-9-13-32(31)23-30/h5-21,23,27,33,35-36H,22,24-26H2,1-4H3,(H,40,44)(H,41,43)(H,42,45)/b21-20+/t33-,35?,36+/m1/s1. The molecule has 10 heteroatoms. The first-order chi connectivity index (χ1) is 23.4. The number of ether oxygens (including phenoxy) is 1. The summed E-state index contributed by atoms with van der Waals surface area (Å²) in [5, 5.41) is 11.9. The lowest BCUT2D eigenvalue weighted by atomic mass is 10.0. The van der Waals surface area contributed by atoms with Crippen LogP contribution in [0.5, 0.6) is 5.75 Å². The average molecular weight is 684 g/mol. The summed E-state index contributed by atoms with van der Waals surface area (Å²) in [6.45, 7) is 3.95. The van der Waals surface area contributed by atoms with Crippen molar-refractivity contribution in [1.29, 1.82) is 0 Å². The molecule has 49 heavy (non-hydrogen) atoms. The van der Waals surface area contributed by atoms with Crippen LogP contribution in [0.15, 0.2) is 109 Å². The highest BCUT2D eigenvalue weighted by Gasteiger charge is 2.28. The average Bonchev–Trinajstić information content (AvgIpc) is 3.06. The Morgan fingerprint density at radius 1 is 0.714 bits per heavy atom. The Kier molecular flexibility index (Phi) is 13.1. The molecule has 0 bridgehead atoms. The van der Waals surface area contributed by atoms with Gasteiger partial charge in [0.1, 0.15) is 17.8 Å². The second-order valence-corrected chi connectivity index (χ2v) is 14.6. The summed E-state index contributed by atoms with van der Waals surface area (Å²) < 4.78 is 29.0. The predicted octanol–water partition coefficient (Wildman–Crippen LogP) is 4.94. The number of sulfone groups is 1. The van der Waals surface area contributed by atoms with Crippen LogP contribution in [-0.4, -0.2) is 57.6 Å². The molecule has 0 aliphatic carbocycles. The van der Waals surface area contributed by atoms with Crippen LogP contribution < -0.4 is 20.7 Å². The minimum atomic E-state index is -3.42. The van der Waals surface area contributed by atoms with E-state index in [1.165, 1.54) is 6.08 Å². The number of hydrogen-bond acceptors (Lipinski definition) is 6. The molecule has 3 amide bonds. The molecule has 0 fully saturated rings. The van der Waals surface area contributed by atoms with Gasteiger partial charge >= 0.3 is 0 Å². The van der Waals surface area contributed by atoms with Gasteiger partial charge < -0.3 is 20.7 Å². The number of methoxy groups -OCH3 is 1. The van der Waals surface area contributed by atoms with Crippen LogP contribution in [0.1, 0.15) is 37.0 Å². The van der Waals surface area contributed by atoms with Crippen molar-refractivity contribution in [1.82, 2.24) is 16.0 Å². The van der Waals surface area contributed by atoms with Crippen molar-refractivity contribution in [3.63, 3.8) is 0 Å². The van der Waals surface area contributed by atoms with Crippen molar-refractivity contribution in [2.75, 3.05) is 13.4 Å². The van der Waals surface area contributed by atoms with E-state index < -0.39 is 39.8 Å². The highest BCUT2D eigenvalue weighted by atomic mass is 32.2. The number of rotatable bonds is 16. The number of nitrogens with one attached hydrogen (secondary N) is 3. The molecule has 0 saturated heterocycles. The summed E-state index contributed by atoms with van der Waals surface area (Å²) in [6, 6.07) is 27.6. The van der Waals surface area contributed by atoms with Crippen LogP contribution in [0, 0.1) is 5.92 Å². The lowest BCUT2D eigenvalue weighted by Crippen LogP contribution is -2.56. The molecule has 1 unspecified atom stereocenters. The van der Waals surface area contributed by atoms with Gasteiger partial charge in [-0.25, -0.2) is 8.42 Å². The van der Waals surface area contributed by atoms with Gasteiger partial charge in [0, 0.05) is 30.5 Å². The Bertz CT molecular complexity index is 1860. The summed E-state index contributed by atoms with van der Waals surface area (Å²) >= 11 is 0. The number of carbonyl (C=O) groups is 3. The van der Waals surface area contributed by atoms with Crippen molar-refractivity contribution in [2.24, 2.45) is 5.92 Å². The minimum Gasteiger partial charge on any atom is -0.497 e. The van der Waals surface area contributed by atoms with Gasteiger partial charge in [0.25, 0.3) is 0 Å². The van der Waals surface area contributed by atoms with E-state index in [0.717, 1.165) is 39.1 Å². The topological polar surface area (TPSA) is 131 Å². The fraction of sp³-hybridized carbons (Fsp3) is 0.308. The molecule has 0 aromatic heterocycles. The Balaban J connectivity index is 1.58. The van der Waals surface area contributed by atoms with E-state index in [4.69, 9.17) is 4.74 Å². The van der Waals surface area contributed by atoms with Crippen molar-refractivity contribution < 1.29 is 27.5 Å². The molecule has 3 N–H and O–H groups in total. The third kappa shape index (κ3) is 12.2. The summed E-state index contributed by atoms with van der Waals surface area (Å²) in [5.74, 6) is -0.512. The van der Waals surface area contributed by atoms with Crippen LogP contribution in [0.4, 0.5) is 0 Å². The van der Waals surface area contributed by atoms with E-state index in [2.05, 4.69) is 16.0 Å². The molecule has 3 atom stereocenters. The van der Waals surface area contributed by atoms with E-state index in [-0.39, 0.29) is 31.1 Å². The van der Waals surface area contributed by atoms with Gasteiger partial charge in [-0.3, -0.25) is 14.4 Å². The van der Waals surface area contributed by atoms with E-state index in [1.807, 2.05) is 98.8 Å². The molecule has 0 radical (unpaired) electrons. The number of hydrogen-bond donors (Lipinski definition) is 3. The summed E-state index contributed by atoms with van der Waals surface area (Å²) in [5.41, 5.74) is 2.42. The highest BCUT2D eigenvalue weighted by Crippen LogP contribution is 2.17. The predicted molar refractivity (Wildman–Crippen MR) is 194 cm³/mol. The molecule has 0 saturated carbocycles. The van der Waals surface area contributed by atoms with Gasteiger partial charge in [0.2, 0.25) is 17.7 Å². The van der Waals surface area contributed by atoms with Crippen molar-refractivity contribution in [3.8, 4) is 5.75 Å². The lowest BCUT2D eigenvalue weighted by Gasteiger charge is -2.26. The number of amides is 3. The van der Waals surface area contributed by atoms with E-state index in [0.29, 0.717) is 12.2 Å². The molecule has 258 valence electrons. The fourth-order valence-electron chi connectivity index (χ4n) is 5.53. The van der Waals surface area contributed by atoms with Crippen molar-refractivity contribution >= 4 is 38.3 Å². The van der Waals surface area contributed by atoms with Crippen LogP contribution in [-0.2, 0) is 43.5 Å². The SMILES string of the molecule is COc1ccc(CC(NC(=O)Cc2ccc3ccccc3c2)C(=O)N[C@@H](Cc2ccccc2)C(=O)N[C@H](/C=C/S(C)(=O)=O)CC(C)C)cc1. The molecule has 0 aliphatic heterocycles. The maximum absolute atomic E-state index is 14.0. The zero-order valence-electron chi connectivity index (χ0n) is 28.4. The first-order valence-electron chi connectivity index (χ1n) is 16.3. The van der Waals surface area contributed by atoms with Crippen molar-refractivity contribution in [3.05, 3.63) is 125 Å². The Morgan fingerprint density at radius 2 is 1.29 bits per heavy atom. The van der Waals surface area contributed by atoms with E-state index in [9.17, 15) is 22.8 Å². The van der Waals surface area contributed by atoms with Crippen LogP contribution in [0.3, 0.4) is 0 Å². The van der Waals surface area contributed by atoms with Gasteiger partial charge in [0.15, 0.2) is 9.84 Å². The smallest absolute Gasteiger partial charge is 0.243 e. The molecule has 0 spiro atoms. The molecule has 0 heterocycles. The second-order valence-electron chi connectivity index (χ2n) is 12.7. The number of benzene rings is 4. The van der Waals surface area contributed by atoms with Gasteiger partial charge in [-0.05, 0) is 51.9 Å². The quantitative estimate of drug-likeness (QED) is 0.154. The van der Waals surface area contributed by atoms with Crippen LogP contribution in [0.25, 0.3) is 10.8 Å². The van der Waals surface area contributed by atoms with Gasteiger partial charge in [0.05, 0.1) is 13.5 Å². The zero-order chi connectivity index (χ0) is 35.4. The first-order valence-corrected chi connectivity index (χ1v) is 18.3. The Hall–Kier alpha value is -4.96. The molecule has 0 aliphatic rings. The molecule has 4 aromatic carbocycles. The summed E-state index contributed by atoms with van der Waals surface area (Å²) in [6.07, 6.45) is 3.47. The Morgan fingerprint density at radius 3 is 1.92 bits per heavy atom. The molecule has 4 aromatic rings. The molecular formula is C39H45N3O6S. The minimum absolute atomic E-state index is 0.0642. The number of carbonyl (C=O) groups excluding carboxylic acids is 3. The van der Waals surface area contributed by atoms with Gasteiger partial charge in [-0.2, -0.15) is 0 Å². The number of fused-ring (bicyclic) bond motifs is 1. The van der Waals surface area contributed by atoms with E-state index in [1.54, 1.807) is 19.2 Å². The van der Waals surface area contributed by atoms with Gasteiger partial charge in [-0.1, -0.05) is 105 Å².